The topological polar surface area (TPSA) is 54.9 Å². The van der Waals surface area contributed by atoms with Crippen molar-refractivity contribution in [2.75, 3.05) is 0 Å². The Hall–Kier alpha value is -1.75. The van der Waals surface area contributed by atoms with Crippen molar-refractivity contribution in [1.82, 2.24) is 15.3 Å². The molecule has 0 aliphatic heterocycles. The summed E-state index contributed by atoms with van der Waals surface area (Å²) in [6.07, 6.45) is 2.36. The molecule has 5 heteroatoms. The second-order valence-corrected chi connectivity index (χ2v) is 5.37. The molecule has 0 bridgehead atoms. The van der Waals surface area contributed by atoms with Gasteiger partial charge in [-0.25, -0.2) is 9.97 Å². The number of carbonyl (C=O) groups is 1. The van der Waals surface area contributed by atoms with Gasteiger partial charge >= 0.3 is 0 Å². The Morgan fingerprint density at radius 2 is 2.20 bits per heavy atom. The average Bonchev–Trinajstić information content (AvgIpc) is 2.44. The van der Waals surface area contributed by atoms with Crippen molar-refractivity contribution in [2.45, 2.75) is 26.8 Å². The highest BCUT2D eigenvalue weighted by atomic mass is 79.9. The number of halogens is 1. The van der Waals surface area contributed by atoms with Gasteiger partial charge in [-0.15, -0.1) is 0 Å². The van der Waals surface area contributed by atoms with E-state index in [1.807, 2.05) is 38.1 Å². The van der Waals surface area contributed by atoms with E-state index in [1.54, 1.807) is 6.20 Å². The molecule has 0 aliphatic rings. The Morgan fingerprint density at radius 1 is 1.40 bits per heavy atom. The molecule has 0 atom stereocenters. The van der Waals surface area contributed by atoms with Gasteiger partial charge in [0.25, 0.3) is 5.91 Å². The third-order valence-electron chi connectivity index (χ3n) is 2.93. The zero-order chi connectivity index (χ0) is 14.5. The van der Waals surface area contributed by atoms with Gasteiger partial charge in [0, 0.05) is 23.6 Å². The fourth-order valence-electron chi connectivity index (χ4n) is 1.83. The van der Waals surface area contributed by atoms with Gasteiger partial charge in [-0.3, -0.25) is 4.79 Å². The van der Waals surface area contributed by atoms with Gasteiger partial charge in [0.1, 0.15) is 5.82 Å². The molecule has 0 fully saturated rings. The smallest absolute Gasteiger partial charge is 0.254 e. The normalized spacial score (nSPS) is 10.3. The predicted molar refractivity (Wildman–Crippen MR) is 81.5 cm³/mol. The van der Waals surface area contributed by atoms with Crippen LogP contribution >= 0.6 is 15.9 Å². The van der Waals surface area contributed by atoms with Crippen LogP contribution in [0.2, 0.25) is 0 Å². The third-order valence-corrected chi connectivity index (χ3v) is 3.43. The Kier molecular flexibility index (Phi) is 4.84. The molecule has 20 heavy (non-hydrogen) atoms. The fraction of sp³-hybridized carbons (Fsp3) is 0.267. The molecule has 1 amide bonds. The second kappa shape index (κ2) is 6.61. The van der Waals surface area contributed by atoms with Crippen molar-refractivity contribution in [3.8, 4) is 0 Å². The van der Waals surface area contributed by atoms with E-state index in [4.69, 9.17) is 0 Å². The molecule has 4 nitrogen and oxygen atoms in total. The summed E-state index contributed by atoms with van der Waals surface area (Å²) in [6, 6.07) is 7.83. The predicted octanol–water partition coefficient (Wildman–Crippen LogP) is 3.04. The van der Waals surface area contributed by atoms with Gasteiger partial charge in [-0.1, -0.05) is 35.0 Å². The zero-order valence-electron chi connectivity index (χ0n) is 11.5. The molecular formula is C15H16BrN3O. The average molecular weight is 334 g/mol. The lowest BCUT2D eigenvalue weighted by Gasteiger charge is -2.08. The zero-order valence-corrected chi connectivity index (χ0v) is 13.1. The van der Waals surface area contributed by atoms with Crippen molar-refractivity contribution in [3.05, 3.63) is 57.6 Å². The van der Waals surface area contributed by atoms with Crippen LogP contribution in [-0.2, 0) is 13.0 Å². The number of aromatic nitrogens is 2. The van der Waals surface area contributed by atoms with Gasteiger partial charge in [-0.05, 0) is 24.6 Å². The number of hydrogen-bond acceptors (Lipinski definition) is 3. The third kappa shape index (κ3) is 3.63. The van der Waals surface area contributed by atoms with Gasteiger partial charge in [0.2, 0.25) is 0 Å². The van der Waals surface area contributed by atoms with Crippen LogP contribution in [0.3, 0.4) is 0 Å². The summed E-state index contributed by atoms with van der Waals surface area (Å²) < 4.78 is 0.996. The van der Waals surface area contributed by atoms with Crippen LogP contribution < -0.4 is 5.32 Å². The molecule has 0 radical (unpaired) electrons. The molecule has 1 N–H and O–H groups in total. The van der Waals surface area contributed by atoms with Crippen molar-refractivity contribution in [3.63, 3.8) is 0 Å². The summed E-state index contributed by atoms with van der Waals surface area (Å²) in [5, 5.41) is 2.88. The number of benzene rings is 1. The molecule has 0 saturated heterocycles. The van der Waals surface area contributed by atoms with E-state index in [-0.39, 0.29) is 5.91 Å². The number of amides is 1. The first-order chi connectivity index (χ1) is 9.60. The molecule has 1 aromatic heterocycles. The highest BCUT2D eigenvalue weighted by molar-refractivity contribution is 9.10. The quantitative estimate of drug-likeness (QED) is 0.935. The van der Waals surface area contributed by atoms with Crippen molar-refractivity contribution in [1.29, 1.82) is 0 Å². The second-order valence-electron chi connectivity index (χ2n) is 4.45. The Balaban J connectivity index is 2.05. The van der Waals surface area contributed by atoms with E-state index in [0.29, 0.717) is 17.8 Å². The highest BCUT2D eigenvalue weighted by Crippen LogP contribution is 2.12. The van der Waals surface area contributed by atoms with E-state index < -0.39 is 0 Å². The first-order valence-corrected chi connectivity index (χ1v) is 7.24. The fourth-order valence-corrected chi connectivity index (χ4v) is 2.28. The molecular weight excluding hydrogens is 318 g/mol. The maximum atomic E-state index is 12.1. The first-order valence-electron chi connectivity index (χ1n) is 6.45. The van der Waals surface area contributed by atoms with Crippen molar-refractivity contribution in [2.24, 2.45) is 0 Å². The summed E-state index contributed by atoms with van der Waals surface area (Å²) in [5.74, 6) is 0.608. The maximum Gasteiger partial charge on any atom is 0.254 e. The first kappa shape index (κ1) is 14.7. The molecule has 0 spiro atoms. The summed E-state index contributed by atoms with van der Waals surface area (Å²) in [6.45, 7) is 4.30. The lowest BCUT2D eigenvalue weighted by molar-refractivity contribution is 0.0949. The van der Waals surface area contributed by atoms with Crippen LogP contribution in [0.1, 0.15) is 34.4 Å². The molecule has 1 aromatic carbocycles. The molecule has 2 rings (SSSR count). The van der Waals surface area contributed by atoms with Gasteiger partial charge < -0.3 is 5.32 Å². The number of carbonyl (C=O) groups excluding carboxylic acids is 1. The number of nitrogens with zero attached hydrogens (tertiary/aromatic N) is 2. The molecule has 104 valence electrons. The Bertz CT molecular complexity index is 628. The lowest BCUT2D eigenvalue weighted by Crippen LogP contribution is -2.24. The Morgan fingerprint density at radius 3 is 2.85 bits per heavy atom. The van der Waals surface area contributed by atoms with Crippen LogP contribution in [0.15, 0.2) is 34.9 Å². The molecule has 0 unspecified atom stereocenters. The number of rotatable bonds is 4. The minimum Gasteiger partial charge on any atom is -0.348 e. The summed E-state index contributed by atoms with van der Waals surface area (Å²) >= 11 is 3.41. The largest absolute Gasteiger partial charge is 0.348 e. The van der Waals surface area contributed by atoms with Crippen molar-refractivity contribution < 1.29 is 4.79 Å². The minimum atomic E-state index is -0.148. The van der Waals surface area contributed by atoms with Crippen LogP contribution in [-0.4, -0.2) is 15.9 Å². The Labute approximate surface area is 126 Å². The van der Waals surface area contributed by atoms with Crippen LogP contribution in [0.25, 0.3) is 0 Å². The van der Waals surface area contributed by atoms with Crippen LogP contribution in [0.4, 0.5) is 0 Å². The van der Waals surface area contributed by atoms with E-state index >= 15 is 0 Å². The van der Waals surface area contributed by atoms with Crippen LogP contribution in [0, 0.1) is 6.92 Å². The minimum absolute atomic E-state index is 0.148. The van der Waals surface area contributed by atoms with E-state index in [9.17, 15) is 4.79 Å². The maximum absolute atomic E-state index is 12.1. The number of aryl methyl sites for hydroxylation is 2. The van der Waals surface area contributed by atoms with E-state index in [2.05, 4.69) is 31.2 Å². The monoisotopic (exact) mass is 333 g/mol. The summed E-state index contributed by atoms with van der Waals surface area (Å²) in [4.78, 5) is 20.6. The lowest BCUT2D eigenvalue weighted by atomic mass is 10.2. The number of hydrogen-bond donors (Lipinski definition) is 1. The molecule has 0 saturated carbocycles. The SMILES string of the molecule is CCc1ncc(C(=O)NCc2cccc(Br)c2)c(C)n1. The van der Waals surface area contributed by atoms with E-state index in [0.717, 1.165) is 22.3 Å². The van der Waals surface area contributed by atoms with Gasteiger partial charge in [-0.2, -0.15) is 0 Å². The van der Waals surface area contributed by atoms with Gasteiger partial charge in [0.05, 0.1) is 11.3 Å². The number of nitrogens with one attached hydrogen (secondary N) is 1. The van der Waals surface area contributed by atoms with Crippen LogP contribution in [0.5, 0.6) is 0 Å². The van der Waals surface area contributed by atoms with Crippen molar-refractivity contribution >= 4 is 21.8 Å². The molecule has 1 heterocycles. The summed E-state index contributed by atoms with van der Waals surface area (Å²) in [5.41, 5.74) is 2.28. The van der Waals surface area contributed by atoms with Gasteiger partial charge in [0.15, 0.2) is 0 Å². The molecule has 0 aliphatic carbocycles. The highest BCUT2D eigenvalue weighted by Gasteiger charge is 2.11. The summed E-state index contributed by atoms with van der Waals surface area (Å²) in [7, 11) is 0. The van der Waals surface area contributed by atoms with E-state index in [1.165, 1.54) is 0 Å². The standard InChI is InChI=1S/C15H16BrN3O/c1-3-14-17-9-13(10(2)19-14)15(20)18-8-11-5-4-6-12(16)7-11/h4-7,9H,3,8H2,1-2H3,(H,18,20). The molecule has 2 aromatic rings.